The Balaban J connectivity index is 2.64. The van der Waals surface area contributed by atoms with Crippen molar-refractivity contribution in [3.8, 4) is 11.5 Å². The largest absolute Gasteiger partial charge is 0.497 e. The minimum Gasteiger partial charge on any atom is -0.497 e. The zero-order valence-electron chi connectivity index (χ0n) is 12.6. The lowest BCUT2D eigenvalue weighted by Gasteiger charge is -2.19. The molecule has 4 heteroatoms. The number of carbonyl (C=O) groups excluding carboxylic acids is 1. The van der Waals surface area contributed by atoms with Gasteiger partial charge in [-0.25, -0.2) is 0 Å². The summed E-state index contributed by atoms with van der Waals surface area (Å²) in [7, 11) is 1.59. The van der Waals surface area contributed by atoms with E-state index in [2.05, 4.69) is 0 Å². The van der Waals surface area contributed by atoms with Crippen LogP contribution in [0, 0.1) is 11.8 Å². The lowest BCUT2D eigenvalue weighted by molar-refractivity contribution is -0.140. The highest BCUT2D eigenvalue weighted by Crippen LogP contribution is 2.23. The first-order valence-electron chi connectivity index (χ1n) is 6.97. The number of aliphatic hydroxyl groups excluding tert-OH is 1. The summed E-state index contributed by atoms with van der Waals surface area (Å²) in [5.74, 6) is 0.967. The Morgan fingerprint density at radius 2 is 1.65 bits per heavy atom. The number of aliphatic hydroxyl groups is 1. The van der Waals surface area contributed by atoms with Crippen LogP contribution in [0.25, 0.3) is 0 Å². The monoisotopic (exact) mass is 280 g/mol. The highest BCUT2D eigenvalue weighted by Gasteiger charge is 2.24. The van der Waals surface area contributed by atoms with Gasteiger partial charge < -0.3 is 14.6 Å². The highest BCUT2D eigenvalue weighted by atomic mass is 16.5. The average Bonchev–Trinajstić information content (AvgIpc) is 2.39. The number of hydrogen-bond donors (Lipinski definition) is 1. The second-order valence-electron chi connectivity index (χ2n) is 5.37. The van der Waals surface area contributed by atoms with Crippen molar-refractivity contribution in [3.05, 3.63) is 24.3 Å². The van der Waals surface area contributed by atoms with E-state index in [4.69, 9.17) is 9.47 Å². The Hall–Kier alpha value is -1.55. The van der Waals surface area contributed by atoms with E-state index in [1.54, 1.807) is 38.3 Å². The summed E-state index contributed by atoms with van der Waals surface area (Å²) in [6.45, 7) is 5.70. The Labute approximate surface area is 120 Å². The van der Waals surface area contributed by atoms with Crippen molar-refractivity contribution < 1.29 is 19.4 Å². The maximum Gasteiger partial charge on any atom is 0.314 e. The first-order chi connectivity index (χ1) is 9.43. The van der Waals surface area contributed by atoms with Crippen molar-refractivity contribution in [3.63, 3.8) is 0 Å². The minimum atomic E-state index is -0.398. The molecule has 20 heavy (non-hydrogen) atoms. The second kappa shape index (κ2) is 7.90. The molecule has 1 N–H and O–H groups in total. The van der Waals surface area contributed by atoms with E-state index in [0.29, 0.717) is 18.6 Å². The number of hydrogen-bond acceptors (Lipinski definition) is 4. The molecule has 0 saturated carbocycles. The van der Waals surface area contributed by atoms with Crippen LogP contribution in [0.4, 0.5) is 0 Å². The van der Waals surface area contributed by atoms with Gasteiger partial charge in [-0.1, -0.05) is 13.8 Å². The second-order valence-corrected chi connectivity index (χ2v) is 5.37. The summed E-state index contributed by atoms with van der Waals surface area (Å²) in [5.41, 5.74) is 0. The van der Waals surface area contributed by atoms with Crippen LogP contribution < -0.4 is 9.47 Å². The third kappa shape index (κ3) is 5.21. The minimum absolute atomic E-state index is 0.180. The molecule has 0 amide bonds. The SMILES string of the molecule is COc1ccc(OC(=O)C(CCC(C)O)C(C)C)cc1. The Morgan fingerprint density at radius 3 is 2.10 bits per heavy atom. The molecule has 0 aromatic heterocycles. The molecule has 0 fully saturated rings. The molecule has 0 spiro atoms. The molecule has 0 bridgehead atoms. The van der Waals surface area contributed by atoms with Gasteiger partial charge in [-0.15, -0.1) is 0 Å². The van der Waals surface area contributed by atoms with Crippen LogP contribution in [-0.4, -0.2) is 24.3 Å². The first-order valence-corrected chi connectivity index (χ1v) is 6.97. The molecule has 1 aromatic carbocycles. The Morgan fingerprint density at radius 1 is 1.10 bits per heavy atom. The van der Waals surface area contributed by atoms with Gasteiger partial charge in [0.05, 0.1) is 19.1 Å². The van der Waals surface area contributed by atoms with E-state index in [9.17, 15) is 9.90 Å². The maximum atomic E-state index is 12.2. The third-order valence-corrected chi connectivity index (χ3v) is 3.28. The predicted molar refractivity (Wildman–Crippen MR) is 77.9 cm³/mol. The van der Waals surface area contributed by atoms with Crippen molar-refractivity contribution >= 4 is 5.97 Å². The fraction of sp³-hybridized carbons (Fsp3) is 0.562. The number of benzene rings is 1. The van der Waals surface area contributed by atoms with Crippen molar-refractivity contribution in [1.82, 2.24) is 0 Å². The van der Waals surface area contributed by atoms with E-state index >= 15 is 0 Å². The fourth-order valence-electron chi connectivity index (χ4n) is 1.98. The van der Waals surface area contributed by atoms with Gasteiger partial charge in [0.15, 0.2) is 0 Å². The molecule has 2 unspecified atom stereocenters. The standard InChI is InChI=1S/C16H24O4/c1-11(2)15(10-5-12(3)17)16(18)20-14-8-6-13(19-4)7-9-14/h6-9,11-12,15,17H,5,10H2,1-4H3. The van der Waals surface area contributed by atoms with Crippen molar-refractivity contribution in [2.24, 2.45) is 11.8 Å². The Bertz CT molecular complexity index is 409. The zero-order chi connectivity index (χ0) is 15.1. The van der Waals surface area contributed by atoms with Gasteiger partial charge in [-0.3, -0.25) is 4.79 Å². The molecule has 0 aliphatic rings. The van der Waals surface area contributed by atoms with Crippen LogP contribution >= 0.6 is 0 Å². The molecular formula is C16H24O4. The van der Waals surface area contributed by atoms with Crippen LogP contribution in [-0.2, 0) is 4.79 Å². The number of methoxy groups -OCH3 is 1. The highest BCUT2D eigenvalue weighted by molar-refractivity contribution is 5.75. The van der Waals surface area contributed by atoms with E-state index in [0.717, 1.165) is 5.75 Å². The molecular weight excluding hydrogens is 256 g/mol. The van der Waals surface area contributed by atoms with Crippen molar-refractivity contribution in [2.45, 2.75) is 39.7 Å². The normalized spacial score (nSPS) is 13.9. The van der Waals surface area contributed by atoms with Gasteiger partial charge in [0.25, 0.3) is 0 Å². The number of rotatable bonds is 7. The molecule has 1 rings (SSSR count). The molecule has 2 atom stereocenters. The molecule has 0 aliphatic heterocycles. The summed E-state index contributed by atoms with van der Waals surface area (Å²) in [6.07, 6.45) is 0.829. The van der Waals surface area contributed by atoms with Gasteiger partial charge >= 0.3 is 5.97 Å². The van der Waals surface area contributed by atoms with Crippen molar-refractivity contribution in [2.75, 3.05) is 7.11 Å². The molecule has 0 saturated heterocycles. The average molecular weight is 280 g/mol. The maximum absolute atomic E-state index is 12.2. The molecule has 0 heterocycles. The lowest BCUT2D eigenvalue weighted by atomic mass is 9.90. The molecule has 1 aromatic rings. The van der Waals surface area contributed by atoms with Crippen LogP contribution in [0.15, 0.2) is 24.3 Å². The van der Waals surface area contributed by atoms with Crippen LogP contribution in [0.5, 0.6) is 11.5 Å². The van der Waals surface area contributed by atoms with Gasteiger partial charge in [-0.05, 0) is 49.9 Å². The predicted octanol–water partition coefficient (Wildman–Crippen LogP) is 3.03. The number of ether oxygens (including phenoxy) is 2. The van der Waals surface area contributed by atoms with Crippen LogP contribution in [0.2, 0.25) is 0 Å². The van der Waals surface area contributed by atoms with E-state index in [1.807, 2.05) is 13.8 Å². The summed E-state index contributed by atoms with van der Waals surface area (Å²) in [6, 6.07) is 6.93. The van der Waals surface area contributed by atoms with E-state index in [1.165, 1.54) is 0 Å². The summed E-state index contributed by atoms with van der Waals surface area (Å²) < 4.78 is 10.4. The molecule has 4 nitrogen and oxygen atoms in total. The van der Waals surface area contributed by atoms with Crippen molar-refractivity contribution in [1.29, 1.82) is 0 Å². The van der Waals surface area contributed by atoms with E-state index < -0.39 is 6.10 Å². The Kier molecular flexibility index (Phi) is 6.52. The van der Waals surface area contributed by atoms with E-state index in [-0.39, 0.29) is 17.8 Å². The third-order valence-electron chi connectivity index (χ3n) is 3.28. The zero-order valence-corrected chi connectivity index (χ0v) is 12.6. The van der Waals surface area contributed by atoms with Gasteiger partial charge in [0.2, 0.25) is 0 Å². The van der Waals surface area contributed by atoms with Gasteiger partial charge in [0, 0.05) is 0 Å². The number of esters is 1. The topological polar surface area (TPSA) is 55.8 Å². The van der Waals surface area contributed by atoms with Crippen LogP contribution in [0.3, 0.4) is 0 Å². The van der Waals surface area contributed by atoms with Crippen LogP contribution in [0.1, 0.15) is 33.6 Å². The fourth-order valence-corrected chi connectivity index (χ4v) is 1.98. The molecule has 0 aliphatic carbocycles. The summed E-state index contributed by atoms with van der Waals surface area (Å²) >= 11 is 0. The summed E-state index contributed by atoms with van der Waals surface area (Å²) in [4.78, 5) is 12.2. The van der Waals surface area contributed by atoms with Gasteiger partial charge in [-0.2, -0.15) is 0 Å². The lowest BCUT2D eigenvalue weighted by Crippen LogP contribution is -2.26. The molecule has 112 valence electrons. The molecule has 0 radical (unpaired) electrons. The van der Waals surface area contributed by atoms with Gasteiger partial charge in [0.1, 0.15) is 11.5 Å². The number of carbonyl (C=O) groups is 1. The smallest absolute Gasteiger partial charge is 0.314 e. The summed E-state index contributed by atoms with van der Waals surface area (Å²) in [5, 5.41) is 9.35. The first kappa shape index (κ1) is 16.5. The quantitative estimate of drug-likeness (QED) is 0.616.